The second-order valence-corrected chi connectivity index (χ2v) is 9.88. The third-order valence-electron chi connectivity index (χ3n) is 5.71. The Morgan fingerprint density at radius 1 is 0.970 bits per heavy atom. The summed E-state index contributed by atoms with van der Waals surface area (Å²) in [7, 11) is -3.69. The van der Waals surface area contributed by atoms with Gasteiger partial charge in [-0.1, -0.05) is 12.1 Å². The number of carbonyl (C=O) groups excluding carboxylic acids is 1. The number of fused-ring (bicyclic) bond motifs is 1. The molecule has 33 heavy (non-hydrogen) atoms. The van der Waals surface area contributed by atoms with Gasteiger partial charge >= 0.3 is 0 Å². The van der Waals surface area contributed by atoms with Gasteiger partial charge in [-0.2, -0.15) is 0 Å². The molecule has 3 aromatic heterocycles. The second-order valence-electron chi connectivity index (χ2n) is 7.93. The highest BCUT2D eigenvalue weighted by atomic mass is 32.2. The predicted molar refractivity (Wildman–Crippen MR) is 123 cm³/mol. The van der Waals surface area contributed by atoms with E-state index < -0.39 is 9.84 Å². The molecule has 9 heteroatoms. The molecule has 1 aromatic carbocycles. The highest BCUT2D eigenvalue weighted by Crippen LogP contribution is 2.26. The largest absolute Gasteiger partial charge is 0.449 e. The molecule has 4 aromatic rings. The number of pyridine rings is 2. The van der Waals surface area contributed by atoms with Crippen molar-refractivity contribution in [1.29, 1.82) is 0 Å². The fourth-order valence-electron chi connectivity index (χ4n) is 3.89. The van der Waals surface area contributed by atoms with E-state index in [9.17, 15) is 13.2 Å². The average Bonchev–Trinajstić information content (AvgIpc) is 3.53. The Bertz CT molecular complexity index is 1370. The molecule has 1 aliphatic rings. The molecule has 0 bridgehead atoms. The summed E-state index contributed by atoms with van der Waals surface area (Å²) in [5.41, 5.74) is 2.14. The number of aromatic nitrogens is 2. The van der Waals surface area contributed by atoms with E-state index in [1.165, 1.54) is 6.20 Å². The summed E-state index contributed by atoms with van der Waals surface area (Å²) in [6.07, 6.45) is 8.47. The Kier molecular flexibility index (Phi) is 5.55. The number of sulfone groups is 1. The van der Waals surface area contributed by atoms with Crippen molar-refractivity contribution in [2.24, 2.45) is 0 Å². The lowest BCUT2D eigenvalue weighted by atomic mass is 10.2. The van der Waals surface area contributed by atoms with Crippen LogP contribution in [0.25, 0.3) is 11.0 Å². The number of anilines is 1. The maximum absolute atomic E-state index is 13.1. The molecular formula is C24H22N4O4S. The third kappa shape index (κ3) is 4.31. The molecule has 8 nitrogen and oxygen atoms in total. The van der Waals surface area contributed by atoms with Gasteiger partial charge in [0.05, 0.1) is 27.9 Å². The summed E-state index contributed by atoms with van der Waals surface area (Å²) in [5, 5.41) is 3.59. The van der Waals surface area contributed by atoms with E-state index in [4.69, 9.17) is 4.42 Å². The fraction of sp³-hybridized carbons (Fsp3) is 0.208. The number of nitrogens with zero attached hydrogens (tertiary/aromatic N) is 3. The minimum atomic E-state index is -3.69. The van der Waals surface area contributed by atoms with Crippen molar-refractivity contribution in [1.82, 2.24) is 15.3 Å². The van der Waals surface area contributed by atoms with Crippen LogP contribution in [-0.2, 0) is 16.4 Å². The van der Waals surface area contributed by atoms with Gasteiger partial charge in [0.2, 0.25) is 9.84 Å². The molecule has 0 spiro atoms. The van der Waals surface area contributed by atoms with Crippen LogP contribution in [0.1, 0.15) is 29.0 Å². The smallest absolute Gasteiger partial charge is 0.287 e. The van der Waals surface area contributed by atoms with E-state index in [0.717, 1.165) is 42.6 Å². The van der Waals surface area contributed by atoms with E-state index in [1.807, 2.05) is 0 Å². The number of carbonyl (C=O) groups is 1. The molecule has 0 atom stereocenters. The Balaban J connectivity index is 1.28. The zero-order valence-corrected chi connectivity index (χ0v) is 18.6. The predicted octanol–water partition coefficient (Wildman–Crippen LogP) is 3.59. The first-order valence-corrected chi connectivity index (χ1v) is 12.1. The quantitative estimate of drug-likeness (QED) is 0.467. The first kappa shape index (κ1) is 21.1. The zero-order valence-electron chi connectivity index (χ0n) is 17.8. The van der Waals surface area contributed by atoms with Crippen LogP contribution in [0.5, 0.6) is 0 Å². The topological polar surface area (TPSA) is 105 Å². The molecule has 0 radical (unpaired) electrons. The molecule has 1 amide bonds. The molecule has 1 N–H and O–H groups in total. The van der Waals surface area contributed by atoms with Gasteiger partial charge in [0.15, 0.2) is 11.3 Å². The lowest BCUT2D eigenvalue weighted by Gasteiger charge is -2.17. The van der Waals surface area contributed by atoms with Gasteiger partial charge in [-0.15, -0.1) is 0 Å². The highest BCUT2D eigenvalue weighted by molar-refractivity contribution is 7.91. The van der Waals surface area contributed by atoms with Crippen LogP contribution in [0, 0.1) is 0 Å². The highest BCUT2D eigenvalue weighted by Gasteiger charge is 2.21. The van der Waals surface area contributed by atoms with Gasteiger partial charge in [0.25, 0.3) is 5.91 Å². The van der Waals surface area contributed by atoms with Gasteiger partial charge in [0, 0.05) is 37.4 Å². The van der Waals surface area contributed by atoms with Crippen molar-refractivity contribution in [3.63, 3.8) is 0 Å². The Hall–Kier alpha value is -3.72. The van der Waals surface area contributed by atoms with Crippen LogP contribution in [0.4, 0.5) is 5.69 Å². The first-order chi connectivity index (χ1) is 16.0. The van der Waals surface area contributed by atoms with Crippen LogP contribution in [0.3, 0.4) is 0 Å². The number of benzene rings is 1. The van der Waals surface area contributed by atoms with Crippen molar-refractivity contribution in [2.45, 2.75) is 29.2 Å². The minimum Gasteiger partial charge on any atom is -0.449 e. The van der Waals surface area contributed by atoms with E-state index in [2.05, 4.69) is 20.2 Å². The van der Waals surface area contributed by atoms with Crippen LogP contribution >= 0.6 is 0 Å². The Labute approximate surface area is 191 Å². The van der Waals surface area contributed by atoms with Crippen molar-refractivity contribution < 1.29 is 17.6 Å². The maximum atomic E-state index is 13.1. The monoisotopic (exact) mass is 462 g/mol. The SMILES string of the molecule is O=C(NCc1ccc(S(=O)(=O)c2cncc(N3CCCC3)c2)cc1)c1cc2ccncc2o1. The Morgan fingerprint density at radius 3 is 2.52 bits per heavy atom. The summed E-state index contributed by atoms with van der Waals surface area (Å²) >= 11 is 0. The van der Waals surface area contributed by atoms with E-state index >= 15 is 0 Å². The number of furan rings is 1. The number of nitrogens with one attached hydrogen (secondary N) is 1. The summed E-state index contributed by atoms with van der Waals surface area (Å²) in [6.45, 7) is 2.06. The molecule has 0 saturated carbocycles. The van der Waals surface area contributed by atoms with Crippen LogP contribution in [0.15, 0.2) is 81.5 Å². The molecule has 5 rings (SSSR count). The van der Waals surface area contributed by atoms with Gasteiger partial charge in [0.1, 0.15) is 0 Å². The number of amides is 1. The molecular weight excluding hydrogens is 440 g/mol. The molecule has 1 fully saturated rings. The maximum Gasteiger partial charge on any atom is 0.287 e. The molecule has 0 unspecified atom stereocenters. The van der Waals surface area contributed by atoms with Crippen LogP contribution < -0.4 is 10.2 Å². The molecule has 168 valence electrons. The van der Waals surface area contributed by atoms with E-state index in [0.29, 0.717) is 5.58 Å². The van der Waals surface area contributed by atoms with Gasteiger partial charge in [-0.3, -0.25) is 14.8 Å². The normalized spacial score (nSPS) is 14.0. The van der Waals surface area contributed by atoms with Crippen molar-refractivity contribution in [3.8, 4) is 0 Å². The summed E-state index contributed by atoms with van der Waals surface area (Å²) in [6, 6.07) is 11.6. The minimum absolute atomic E-state index is 0.173. The van der Waals surface area contributed by atoms with E-state index in [-0.39, 0.29) is 28.0 Å². The van der Waals surface area contributed by atoms with E-state index in [1.54, 1.807) is 61.1 Å². The molecule has 0 aliphatic carbocycles. The van der Waals surface area contributed by atoms with Crippen LogP contribution in [-0.4, -0.2) is 37.4 Å². The van der Waals surface area contributed by atoms with Gasteiger partial charge in [-0.05, 0) is 48.7 Å². The second kappa shape index (κ2) is 8.67. The standard InChI is InChI=1S/C24H22N4O4S/c29-24(22-11-18-7-8-25-16-23(18)32-22)27-13-17-3-5-20(6-4-17)33(30,31)21-12-19(14-26-15-21)28-9-1-2-10-28/h3-8,11-12,14-16H,1-2,9-10,13H2,(H,27,29). The lowest BCUT2D eigenvalue weighted by Crippen LogP contribution is -2.22. The van der Waals surface area contributed by atoms with Crippen molar-refractivity contribution >= 4 is 32.4 Å². The zero-order chi connectivity index (χ0) is 22.8. The molecule has 1 aliphatic heterocycles. The summed E-state index contributed by atoms with van der Waals surface area (Å²) in [4.78, 5) is 23.0. The Morgan fingerprint density at radius 2 is 1.76 bits per heavy atom. The van der Waals surface area contributed by atoms with Gasteiger partial charge in [-0.25, -0.2) is 8.42 Å². The lowest BCUT2D eigenvalue weighted by molar-refractivity contribution is 0.0925. The molecule has 1 saturated heterocycles. The van der Waals surface area contributed by atoms with Gasteiger partial charge < -0.3 is 14.6 Å². The summed E-state index contributed by atoms with van der Waals surface area (Å²) < 4.78 is 31.7. The number of hydrogen-bond acceptors (Lipinski definition) is 7. The molecule has 4 heterocycles. The summed E-state index contributed by atoms with van der Waals surface area (Å²) in [5.74, 6) is -0.157. The third-order valence-corrected chi connectivity index (χ3v) is 7.45. The first-order valence-electron chi connectivity index (χ1n) is 10.7. The number of rotatable bonds is 6. The average molecular weight is 463 g/mol. The van der Waals surface area contributed by atoms with Crippen molar-refractivity contribution in [3.05, 3.63) is 78.6 Å². The van der Waals surface area contributed by atoms with Crippen molar-refractivity contribution in [2.75, 3.05) is 18.0 Å². The van der Waals surface area contributed by atoms with Crippen LogP contribution in [0.2, 0.25) is 0 Å². The number of hydrogen-bond donors (Lipinski definition) is 1. The fourth-order valence-corrected chi connectivity index (χ4v) is 5.13.